The van der Waals surface area contributed by atoms with Crippen molar-refractivity contribution < 1.29 is 12.8 Å². The van der Waals surface area contributed by atoms with Crippen LogP contribution in [0.5, 0.6) is 0 Å². The highest BCUT2D eigenvalue weighted by atomic mass is 35.5. The number of hydrogen-bond acceptors (Lipinski definition) is 7. The fourth-order valence-electron chi connectivity index (χ4n) is 3.02. The van der Waals surface area contributed by atoms with E-state index in [1.54, 1.807) is 13.0 Å². The molecule has 2 aromatic heterocycles. The maximum absolute atomic E-state index is 14.5. The first-order chi connectivity index (χ1) is 14.3. The molecule has 0 unspecified atom stereocenters. The van der Waals surface area contributed by atoms with Gasteiger partial charge in [-0.25, -0.2) is 27.8 Å². The first kappa shape index (κ1) is 21.0. The highest BCUT2D eigenvalue weighted by molar-refractivity contribution is 7.92. The van der Waals surface area contributed by atoms with E-state index in [0.29, 0.717) is 34.2 Å². The number of aromatic nitrogens is 3. The highest BCUT2D eigenvalue weighted by Gasteiger charge is 2.30. The van der Waals surface area contributed by atoms with Crippen LogP contribution in [0.15, 0.2) is 24.4 Å². The Hall–Kier alpha value is -2.30. The van der Waals surface area contributed by atoms with Crippen LogP contribution >= 0.6 is 22.9 Å². The number of sulfonamides is 1. The third kappa shape index (κ3) is 4.40. The lowest BCUT2D eigenvalue weighted by Gasteiger charge is -2.12. The SMILES string of the molecule is CCCS(=O)(=O)Nc1cc(F)cc(-c2nc(C3CC3)sc2-c2ccnc(N)n2)c1Cl. The van der Waals surface area contributed by atoms with Gasteiger partial charge in [0, 0.05) is 17.7 Å². The standard InChI is InChI=1S/C19H19ClFN5O2S2/c1-2-7-30(27,28)26-14-9-11(21)8-12(15(14)20)16-17(13-5-6-23-19(22)24-13)29-18(25-16)10-3-4-10/h5-6,8-10,26H,2-4,7H2,1H3,(H2,22,23,24). The molecule has 0 spiro atoms. The molecular formula is C19H19ClFN5O2S2. The van der Waals surface area contributed by atoms with Crippen LogP contribution in [-0.2, 0) is 10.0 Å². The molecule has 7 nitrogen and oxygen atoms in total. The smallest absolute Gasteiger partial charge is 0.232 e. The van der Waals surface area contributed by atoms with Crippen molar-refractivity contribution in [1.82, 2.24) is 15.0 Å². The van der Waals surface area contributed by atoms with Gasteiger partial charge in [-0.2, -0.15) is 0 Å². The average Bonchev–Trinajstić information content (AvgIpc) is 3.43. The number of nitrogens with zero attached hydrogens (tertiary/aromatic N) is 3. The lowest BCUT2D eigenvalue weighted by Crippen LogP contribution is -2.16. The Morgan fingerprint density at radius 2 is 2.10 bits per heavy atom. The number of nitrogens with one attached hydrogen (secondary N) is 1. The highest BCUT2D eigenvalue weighted by Crippen LogP contribution is 2.48. The number of thiazole rings is 1. The predicted molar refractivity (Wildman–Crippen MR) is 118 cm³/mol. The second-order valence-electron chi connectivity index (χ2n) is 7.04. The van der Waals surface area contributed by atoms with Crippen molar-refractivity contribution in [2.24, 2.45) is 0 Å². The molecule has 1 aliphatic rings. The molecule has 0 aliphatic heterocycles. The van der Waals surface area contributed by atoms with E-state index in [1.165, 1.54) is 23.6 Å². The van der Waals surface area contributed by atoms with Gasteiger partial charge in [-0.15, -0.1) is 11.3 Å². The zero-order valence-electron chi connectivity index (χ0n) is 16.0. The van der Waals surface area contributed by atoms with E-state index in [4.69, 9.17) is 22.3 Å². The van der Waals surface area contributed by atoms with E-state index in [1.807, 2.05) is 0 Å². The molecule has 0 bridgehead atoms. The summed E-state index contributed by atoms with van der Waals surface area (Å²) in [5.74, 6) is -0.254. The van der Waals surface area contributed by atoms with E-state index in [0.717, 1.165) is 23.9 Å². The zero-order valence-corrected chi connectivity index (χ0v) is 18.4. The van der Waals surface area contributed by atoms with Crippen LogP contribution in [0.4, 0.5) is 16.0 Å². The molecule has 3 aromatic rings. The monoisotopic (exact) mass is 467 g/mol. The molecule has 0 atom stereocenters. The van der Waals surface area contributed by atoms with Crippen molar-refractivity contribution in [3.63, 3.8) is 0 Å². The van der Waals surface area contributed by atoms with Crippen LogP contribution < -0.4 is 10.5 Å². The van der Waals surface area contributed by atoms with Crippen LogP contribution in [-0.4, -0.2) is 29.1 Å². The van der Waals surface area contributed by atoms with E-state index in [-0.39, 0.29) is 22.4 Å². The largest absolute Gasteiger partial charge is 0.368 e. The third-order valence-corrected chi connectivity index (χ3v) is 7.63. The summed E-state index contributed by atoms with van der Waals surface area (Å²) in [5, 5.41) is 0.984. The first-order valence-corrected chi connectivity index (χ1v) is 12.2. The Morgan fingerprint density at radius 3 is 2.77 bits per heavy atom. The number of nitrogen functional groups attached to an aromatic ring is 1. The van der Waals surface area contributed by atoms with Crippen molar-refractivity contribution >= 4 is 44.6 Å². The van der Waals surface area contributed by atoms with E-state index < -0.39 is 15.8 Å². The third-order valence-electron chi connectivity index (χ3n) is 4.51. The second kappa shape index (κ2) is 8.09. The maximum Gasteiger partial charge on any atom is 0.232 e. The molecule has 3 N–H and O–H groups in total. The molecule has 1 aliphatic carbocycles. The van der Waals surface area contributed by atoms with Gasteiger partial charge in [-0.1, -0.05) is 18.5 Å². The van der Waals surface area contributed by atoms with Gasteiger partial charge in [-0.05, 0) is 37.5 Å². The van der Waals surface area contributed by atoms with Crippen LogP contribution in [0.1, 0.15) is 37.1 Å². The molecule has 0 saturated heterocycles. The summed E-state index contributed by atoms with van der Waals surface area (Å²) in [4.78, 5) is 13.6. The normalized spacial score (nSPS) is 14.1. The van der Waals surface area contributed by atoms with Gasteiger partial charge in [0.2, 0.25) is 16.0 Å². The summed E-state index contributed by atoms with van der Waals surface area (Å²) in [6.07, 6.45) is 4.04. The molecule has 1 saturated carbocycles. The molecule has 4 rings (SSSR count). The van der Waals surface area contributed by atoms with E-state index >= 15 is 0 Å². The molecule has 1 aromatic carbocycles. The van der Waals surface area contributed by atoms with Crippen LogP contribution in [0.2, 0.25) is 5.02 Å². The topological polar surface area (TPSA) is 111 Å². The first-order valence-electron chi connectivity index (χ1n) is 9.37. The molecule has 11 heteroatoms. The van der Waals surface area contributed by atoms with Gasteiger partial charge >= 0.3 is 0 Å². The van der Waals surface area contributed by atoms with Gasteiger partial charge < -0.3 is 5.73 Å². The van der Waals surface area contributed by atoms with Crippen molar-refractivity contribution in [2.75, 3.05) is 16.2 Å². The summed E-state index contributed by atoms with van der Waals surface area (Å²) in [6, 6.07) is 4.01. The summed E-state index contributed by atoms with van der Waals surface area (Å²) < 4.78 is 41.3. The molecule has 1 fully saturated rings. The lowest BCUT2D eigenvalue weighted by molar-refractivity contribution is 0.599. The number of rotatable bonds is 7. The van der Waals surface area contributed by atoms with Crippen molar-refractivity contribution in [2.45, 2.75) is 32.1 Å². The van der Waals surface area contributed by atoms with Gasteiger partial charge in [0.15, 0.2) is 0 Å². The minimum Gasteiger partial charge on any atom is -0.368 e. The Bertz CT molecular complexity index is 1210. The number of hydrogen-bond donors (Lipinski definition) is 2. The zero-order chi connectivity index (χ0) is 21.5. The van der Waals surface area contributed by atoms with Crippen molar-refractivity contribution in [1.29, 1.82) is 0 Å². The van der Waals surface area contributed by atoms with Crippen molar-refractivity contribution in [3.8, 4) is 21.8 Å². The molecule has 2 heterocycles. The Morgan fingerprint density at radius 1 is 1.33 bits per heavy atom. The number of anilines is 2. The van der Waals surface area contributed by atoms with Gasteiger partial charge in [0.05, 0.1) is 37.7 Å². The number of nitrogens with two attached hydrogens (primary N) is 1. The van der Waals surface area contributed by atoms with Crippen molar-refractivity contribution in [3.05, 3.63) is 40.2 Å². The number of halogens is 2. The quantitative estimate of drug-likeness (QED) is 0.522. The number of benzene rings is 1. The summed E-state index contributed by atoms with van der Waals surface area (Å²) in [6.45, 7) is 1.74. The fourth-order valence-corrected chi connectivity index (χ4v) is 5.68. The summed E-state index contributed by atoms with van der Waals surface area (Å²) in [5.41, 5.74) is 7.01. The predicted octanol–water partition coefficient (Wildman–Crippen LogP) is 4.67. The molecule has 30 heavy (non-hydrogen) atoms. The van der Waals surface area contributed by atoms with Gasteiger partial charge in [-0.3, -0.25) is 4.72 Å². The minimum absolute atomic E-state index is 0.0192. The Labute approximate surface area is 182 Å². The van der Waals surface area contributed by atoms with Gasteiger partial charge in [0.1, 0.15) is 5.82 Å². The van der Waals surface area contributed by atoms with Crippen LogP contribution in [0.3, 0.4) is 0 Å². The Kier molecular flexibility index (Phi) is 5.65. The lowest BCUT2D eigenvalue weighted by atomic mass is 10.1. The molecular weight excluding hydrogens is 449 g/mol. The average molecular weight is 468 g/mol. The fraction of sp³-hybridized carbons (Fsp3) is 0.316. The van der Waals surface area contributed by atoms with Crippen LogP contribution in [0.25, 0.3) is 21.8 Å². The van der Waals surface area contributed by atoms with Gasteiger partial charge in [0.25, 0.3) is 0 Å². The Balaban J connectivity index is 1.86. The van der Waals surface area contributed by atoms with E-state index in [2.05, 4.69) is 14.7 Å². The molecule has 0 radical (unpaired) electrons. The minimum atomic E-state index is -3.65. The second-order valence-corrected chi connectivity index (χ2v) is 10.3. The maximum atomic E-state index is 14.5. The summed E-state index contributed by atoms with van der Waals surface area (Å²) in [7, 11) is -3.65. The summed E-state index contributed by atoms with van der Waals surface area (Å²) >= 11 is 7.98. The van der Waals surface area contributed by atoms with E-state index in [9.17, 15) is 12.8 Å². The molecule has 158 valence electrons. The van der Waals surface area contributed by atoms with Crippen LogP contribution in [0, 0.1) is 5.82 Å². The molecule has 0 amide bonds.